The Kier molecular flexibility index (Phi) is 8.37. The van der Waals surface area contributed by atoms with Crippen LogP contribution >= 0.6 is 36.4 Å². The van der Waals surface area contributed by atoms with Crippen molar-refractivity contribution in [2.24, 2.45) is 0 Å². The lowest BCUT2D eigenvalue weighted by Gasteiger charge is -2.22. The van der Waals surface area contributed by atoms with Gasteiger partial charge < -0.3 is 9.73 Å². The maximum Gasteiger partial charge on any atom is 0.209 e. The standard InChI is InChI=1S/C16H20ClN3O.2ClH/c1-18-9-14-6-3-7-20(14)11-16-19-10-15(21-16)12-4-2-5-13(17)8-12;;/h2,4-5,8,10,14,18H,3,6-7,9,11H2,1H3;2*1H. The molecule has 0 radical (unpaired) electrons. The molecule has 0 aliphatic carbocycles. The average molecular weight is 379 g/mol. The van der Waals surface area contributed by atoms with Crippen LogP contribution < -0.4 is 5.32 Å². The molecule has 1 aliphatic rings. The van der Waals surface area contributed by atoms with Gasteiger partial charge in [0.2, 0.25) is 5.89 Å². The van der Waals surface area contributed by atoms with Gasteiger partial charge in [-0.05, 0) is 38.6 Å². The normalized spacial score (nSPS) is 17.6. The van der Waals surface area contributed by atoms with E-state index in [1.165, 1.54) is 12.8 Å². The summed E-state index contributed by atoms with van der Waals surface area (Å²) in [5.41, 5.74) is 0.967. The zero-order valence-electron chi connectivity index (χ0n) is 13.0. The molecule has 1 aromatic carbocycles. The second kappa shape index (κ2) is 9.50. The summed E-state index contributed by atoms with van der Waals surface area (Å²) in [5.74, 6) is 1.55. The van der Waals surface area contributed by atoms with Crippen LogP contribution in [0, 0.1) is 0 Å². The van der Waals surface area contributed by atoms with Crippen LogP contribution in [-0.4, -0.2) is 36.1 Å². The van der Waals surface area contributed by atoms with Crippen molar-refractivity contribution in [2.45, 2.75) is 25.4 Å². The van der Waals surface area contributed by atoms with Crippen LogP contribution in [0.1, 0.15) is 18.7 Å². The molecule has 1 fully saturated rings. The molecule has 128 valence electrons. The van der Waals surface area contributed by atoms with Gasteiger partial charge in [-0.2, -0.15) is 0 Å². The van der Waals surface area contributed by atoms with Gasteiger partial charge in [0.25, 0.3) is 0 Å². The monoisotopic (exact) mass is 377 g/mol. The highest BCUT2D eigenvalue weighted by Gasteiger charge is 2.25. The highest BCUT2D eigenvalue weighted by molar-refractivity contribution is 6.30. The van der Waals surface area contributed by atoms with Crippen LogP contribution in [-0.2, 0) is 6.54 Å². The SMILES string of the molecule is CNCC1CCCN1Cc1ncc(-c2cccc(Cl)c2)o1.Cl.Cl. The summed E-state index contributed by atoms with van der Waals surface area (Å²) in [6, 6.07) is 8.23. The molecule has 1 N–H and O–H groups in total. The zero-order valence-corrected chi connectivity index (χ0v) is 15.4. The lowest BCUT2D eigenvalue weighted by molar-refractivity contribution is 0.220. The van der Waals surface area contributed by atoms with E-state index in [9.17, 15) is 0 Å². The number of likely N-dealkylation sites (N-methyl/N-ethyl adjacent to an activating group) is 1. The molecule has 7 heteroatoms. The second-order valence-corrected chi connectivity index (χ2v) is 5.89. The predicted molar refractivity (Wildman–Crippen MR) is 98.8 cm³/mol. The molecular formula is C16H22Cl3N3O. The number of aromatic nitrogens is 1. The highest BCUT2D eigenvalue weighted by Crippen LogP contribution is 2.25. The lowest BCUT2D eigenvalue weighted by atomic mass is 10.2. The molecule has 1 aromatic heterocycles. The van der Waals surface area contributed by atoms with Crippen LogP contribution in [0.15, 0.2) is 34.9 Å². The third kappa shape index (κ3) is 5.10. The predicted octanol–water partition coefficient (Wildman–Crippen LogP) is 4.02. The van der Waals surface area contributed by atoms with Gasteiger partial charge in [-0.3, -0.25) is 4.90 Å². The Labute approximate surface area is 154 Å². The van der Waals surface area contributed by atoms with Crippen molar-refractivity contribution < 1.29 is 4.42 Å². The van der Waals surface area contributed by atoms with Crippen molar-refractivity contribution in [2.75, 3.05) is 20.1 Å². The first-order valence-corrected chi connectivity index (χ1v) is 7.73. The maximum atomic E-state index is 6.02. The van der Waals surface area contributed by atoms with Crippen molar-refractivity contribution in [1.29, 1.82) is 0 Å². The molecule has 2 aromatic rings. The van der Waals surface area contributed by atoms with E-state index in [1.807, 2.05) is 31.3 Å². The number of rotatable bonds is 5. The van der Waals surface area contributed by atoms with Crippen LogP contribution in [0.3, 0.4) is 0 Å². The zero-order chi connectivity index (χ0) is 14.7. The Morgan fingerprint density at radius 1 is 1.39 bits per heavy atom. The Morgan fingerprint density at radius 2 is 2.22 bits per heavy atom. The highest BCUT2D eigenvalue weighted by atomic mass is 35.5. The van der Waals surface area contributed by atoms with Crippen molar-refractivity contribution in [3.05, 3.63) is 41.4 Å². The van der Waals surface area contributed by atoms with E-state index in [0.29, 0.717) is 11.1 Å². The fourth-order valence-electron chi connectivity index (χ4n) is 2.90. The smallest absolute Gasteiger partial charge is 0.209 e. The van der Waals surface area contributed by atoms with Gasteiger partial charge in [0.05, 0.1) is 12.7 Å². The van der Waals surface area contributed by atoms with E-state index in [0.717, 1.165) is 36.8 Å². The van der Waals surface area contributed by atoms with Crippen LogP contribution in [0.4, 0.5) is 0 Å². The Bertz CT molecular complexity index is 606. The third-order valence-corrected chi connectivity index (χ3v) is 4.17. The summed E-state index contributed by atoms with van der Waals surface area (Å²) < 4.78 is 5.88. The summed E-state index contributed by atoms with van der Waals surface area (Å²) in [4.78, 5) is 6.84. The number of hydrogen-bond donors (Lipinski definition) is 1. The molecule has 23 heavy (non-hydrogen) atoms. The van der Waals surface area contributed by atoms with Crippen molar-refractivity contribution in [3.63, 3.8) is 0 Å². The molecule has 1 unspecified atom stereocenters. The first kappa shape index (κ1) is 20.3. The molecule has 3 rings (SSSR count). The third-order valence-electron chi connectivity index (χ3n) is 3.94. The molecule has 0 amide bonds. The van der Waals surface area contributed by atoms with E-state index in [1.54, 1.807) is 6.20 Å². The number of nitrogens with zero attached hydrogens (tertiary/aromatic N) is 2. The van der Waals surface area contributed by atoms with E-state index in [4.69, 9.17) is 16.0 Å². The van der Waals surface area contributed by atoms with Crippen molar-refractivity contribution in [1.82, 2.24) is 15.2 Å². The van der Waals surface area contributed by atoms with E-state index in [-0.39, 0.29) is 24.8 Å². The number of halogens is 3. The van der Waals surface area contributed by atoms with Gasteiger partial charge in [0.15, 0.2) is 5.76 Å². The fourth-order valence-corrected chi connectivity index (χ4v) is 3.09. The summed E-state index contributed by atoms with van der Waals surface area (Å²) in [7, 11) is 2.00. The molecule has 1 aliphatic heterocycles. The van der Waals surface area contributed by atoms with E-state index < -0.39 is 0 Å². The maximum absolute atomic E-state index is 6.02. The first-order chi connectivity index (χ1) is 10.3. The van der Waals surface area contributed by atoms with Crippen LogP contribution in [0.2, 0.25) is 5.02 Å². The largest absolute Gasteiger partial charge is 0.439 e. The number of hydrogen-bond acceptors (Lipinski definition) is 4. The molecular weight excluding hydrogens is 357 g/mol. The average Bonchev–Trinajstić information content (AvgIpc) is 3.10. The molecule has 4 nitrogen and oxygen atoms in total. The number of nitrogens with one attached hydrogen (secondary N) is 1. The summed E-state index contributed by atoms with van der Waals surface area (Å²) >= 11 is 6.02. The summed E-state index contributed by atoms with van der Waals surface area (Å²) in [6.07, 6.45) is 4.26. The van der Waals surface area contributed by atoms with Crippen LogP contribution in [0.5, 0.6) is 0 Å². The van der Waals surface area contributed by atoms with Crippen molar-refractivity contribution in [3.8, 4) is 11.3 Å². The van der Waals surface area contributed by atoms with Crippen LogP contribution in [0.25, 0.3) is 11.3 Å². The molecule has 0 bridgehead atoms. The Morgan fingerprint density at radius 3 is 2.96 bits per heavy atom. The number of benzene rings is 1. The minimum absolute atomic E-state index is 0. The Balaban J connectivity index is 0.00000132. The van der Waals surface area contributed by atoms with E-state index >= 15 is 0 Å². The van der Waals surface area contributed by atoms with Gasteiger partial charge >= 0.3 is 0 Å². The van der Waals surface area contributed by atoms with Gasteiger partial charge in [-0.15, -0.1) is 24.8 Å². The van der Waals surface area contributed by atoms with Crippen molar-refractivity contribution >= 4 is 36.4 Å². The van der Waals surface area contributed by atoms with Gasteiger partial charge in [0, 0.05) is 23.2 Å². The molecule has 1 atom stereocenters. The second-order valence-electron chi connectivity index (χ2n) is 5.45. The van der Waals surface area contributed by atoms with E-state index in [2.05, 4.69) is 15.2 Å². The summed E-state index contributed by atoms with van der Waals surface area (Å²) in [5, 5.41) is 3.96. The quantitative estimate of drug-likeness (QED) is 0.853. The molecule has 2 heterocycles. The lowest BCUT2D eigenvalue weighted by Crippen LogP contribution is -2.36. The molecule has 0 spiro atoms. The minimum atomic E-state index is 0. The first-order valence-electron chi connectivity index (χ1n) is 7.35. The summed E-state index contributed by atoms with van der Waals surface area (Å²) in [6.45, 7) is 2.90. The molecule has 1 saturated heterocycles. The fraction of sp³-hybridized carbons (Fsp3) is 0.438. The molecule has 0 saturated carbocycles. The van der Waals surface area contributed by atoms with Gasteiger partial charge in [-0.25, -0.2) is 4.98 Å². The Hall–Kier alpha value is -0.780. The van der Waals surface area contributed by atoms with Gasteiger partial charge in [0.1, 0.15) is 0 Å². The number of oxazole rings is 1. The van der Waals surface area contributed by atoms with Gasteiger partial charge in [-0.1, -0.05) is 23.7 Å². The number of likely N-dealkylation sites (tertiary alicyclic amines) is 1. The topological polar surface area (TPSA) is 41.3 Å². The minimum Gasteiger partial charge on any atom is -0.439 e.